The van der Waals surface area contributed by atoms with Gasteiger partial charge >= 0.3 is 0 Å². The van der Waals surface area contributed by atoms with Crippen molar-refractivity contribution < 1.29 is 4.79 Å². The Morgan fingerprint density at radius 1 is 1.14 bits per heavy atom. The summed E-state index contributed by atoms with van der Waals surface area (Å²) >= 11 is 2.27. The third-order valence-electron chi connectivity index (χ3n) is 3.58. The molecule has 1 aliphatic rings. The smallest absolute Gasteiger partial charge is 0.141 e. The predicted octanol–water partition coefficient (Wildman–Crippen LogP) is 4.13. The van der Waals surface area contributed by atoms with Gasteiger partial charge in [-0.2, -0.15) is 0 Å². The van der Waals surface area contributed by atoms with Crippen molar-refractivity contribution in [1.82, 2.24) is 0 Å². The molecule has 106 valence electrons. The molecule has 0 atom stereocenters. The van der Waals surface area contributed by atoms with Crippen LogP contribution in [0.3, 0.4) is 0 Å². The van der Waals surface area contributed by atoms with E-state index in [9.17, 15) is 4.79 Å². The second-order valence-electron chi connectivity index (χ2n) is 5.42. The minimum atomic E-state index is 0.252. The fourth-order valence-electron chi connectivity index (χ4n) is 2.65. The fraction of sp³-hybridized carbons (Fsp3) is 0.167. The number of anilines is 1. The van der Waals surface area contributed by atoms with Crippen molar-refractivity contribution in [3.8, 4) is 0 Å². The maximum absolute atomic E-state index is 12.2. The van der Waals surface area contributed by atoms with Crippen molar-refractivity contribution >= 4 is 34.1 Å². The zero-order valence-corrected chi connectivity index (χ0v) is 13.8. The Labute approximate surface area is 138 Å². The van der Waals surface area contributed by atoms with Crippen molar-refractivity contribution in [1.29, 1.82) is 0 Å². The van der Waals surface area contributed by atoms with Gasteiger partial charge in [0.1, 0.15) is 5.78 Å². The lowest BCUT2D eigenvalue weighted by molar-refractivity contribution is -0.117. The largest absolute Gasteiger partial charge is 0.359 e. The van der Waals surface area contributed by atoms with Crippen LogP contribution in [-0.2, 0) is 24.1 Å². The first-order valence-electron chi connectivity index (χ1n) is 6.93. The van der Waals surface area contributed by atoms with Gasteiger partial charge in [0, 0.05) is 34.2 Å². The van der Waals surface area contributed by atoms with Gasteiger partial charge in [-0.25, -0.2) is 0 Å². The summed E-state index contributed by atoms with van der Waals surface area (Å²) in [5.74, 6) is 0.252. The number of hydrogen-bond donors (Lipinski definition) is 1. The Morgan fingerprint density at radius 2 is 1.90 bits per heavy atom. The Morgan fingerprint density at radius 3 is 2.67 bits per heavy atom. The van der Waals surface area contributed by atoms with Crippen molar-refractivity contribution in [3.05, 3.63) is 75.0 Å². The minimum Gasteiger partial charge on any atom is -0.359 e. The number of rotatable bonds is 4. The van der Waals surface area contributed by atoms with Gasteiger partial charge in [0.15, 0.2) is 0 Å². The first-order valence-corrected chi connectivity index (χ1v) is 8.01. The molecule has 0 radical (unpaired) electrons. The quantitative estimate of drug-likeness (QED) is 0.797. The van der Waals surface area contributed by atoms with Crippen LogP contribution < -0.4 is 5.32 Å². The summed E-state index contributed by atoms with van der Waals surface area (Å²) in [7, 11) is 0. The average Bonchev–Trinajstić information content (AvgIpc) is 2.78. The van der Waals surface area contributed by atoms with Gasteiger partial charge in [-0.05, 0) is 57.5 Å². The Bertz CT molecular complexity index is 721. The molecule has 0 fully saturated rings. The molecule has 3 heteroatoms. The minimum absolute atomic E-state index is 0.252. The molecule has 2 nitrogen and oxygen atoms in total. The molecule has 3 rings (SSSR count). The number of Topliss-reactive ketones (excluding diaryl/α,β-unsaturated/α-hetero) is 1. The molecule has 0 amide bonds. The van der Waals surface area contributed by atoms with Crippen LogP contribution in [0.25, 0.3) is 0 Å². The second kappa shape index (κ2) is 6.02. The zero-order valence-electron chi connectivity index (χ0n) is 11.7. The number of halogens is 1. The maximum Gasteiger partial charge on any atom is 0.141 e. The normalized spacial score (nSPS) is 12.9. The lowest BCUT2D eigenvalue weighted by Crippen LogP contribution is -2.07. The van der Waals surface area contributed by atoms with Crippen molar-refractivity contribution in [3.63, 3.8) is 0 Å². The fourth-order valence-corrected chi connectivity index (χ4v) is 3.26. The van der Waals surface area contributed by atoms with Crippen molar-refractivity contribution in [2.24, 2.45) is 0 Å². The number of nitrogens with one attached hydrogen (secondary N) is 1. The van der Waals surface area contributed by atoms with Crippen molar-refractivity contribution in [2.45, 2.75) is 19.3 Å². The first kappa shape index (κ1) is 14.3. The van der Waals surface area contributed by atoms with Crippen LogP contribution in [0.15, 0.2) is 54.7 Å². The predicted molar refractivity (Wildman–Crippen MR) is 94.5 cm³/mol. The summed E-state index contributed by atoms with van der Waals surface area (Å²) in [6, 6.07) is 14.3. The van der Waals surface area contributed by atoms with Gasteiger partial charge in [-0.1, -0.05) is 30.8 Å². The number of carbonyl (C=O) groups is 1. The first-order chi connectivity index (χ1) is 10.1. The van der Waals surface area contributed by atoms with Crippen LogP contribution >= 0.6 is 22.6 Å². The summed E-state index contributed by atoms with van der Waals surface area (Å²) in [6.45, 7) is 3.94. The molecule has 1 N–H and O–H groups in total. The molecule has 0 bridgehead atoms. The van der Waals surface area contributed by atoms with E-state index in [-0.39, 0.29) is 5.78 Å². The average molecular weight is 389 g/mol. The van der Waals surface area contributed by atoms with Gasteiger partial charge in [0.25, 0.3) is 0 Å². The van der Waals surface area contributed by atoms with E-state index in [4.69, 9.17) is 0 Å². The highest BCUT2D eigenvalue weighted by Crippen LogP contribution is 2.28. The van der Waals surface area contributed by atoms with E-state index in [1.165, 1.54) is 9.13 Å². The monoisotopic (exact) mass is 389 g/mol. The van der Waals surface area contributed by atoms with E-state index < -0.39 is 0 Å². The summed E-state index contributed by atoms with van der Waals surface area (Å²) < 4.78 is 1.17. The SMILES string of the molecule is C=C1Cc2cc(CC(=O)Cc3cccc(I)c3)ccc2N1. The number of hydrogen-bond acceptors (Lipinski definition) is 2. The van der Waals surface area contributed by atoms with Crippen LogP contribution in [0.4, 0.5) is 5.69 Å². The molecule has 2 aromatic carbocycles. The van der Waals surface area contributed by atoms with E-state index in [0.29, 0.717) is 12.8 Å². The van der Waals surface area contributed by atoms with Gasteiger partial charge in [-0.15, -0.1) is 0 Å². The molecule has 0 saturated heterocycles. The molecule has 1 heterocycles. The molecule has 21 heavy (non-hydrogen) atoms. The van der Waals surface area contributed by atoms with Gasteiger partial charge in [0.2, 0.25) is 0 Å². The second-order valence-corrected chi connectivity index (χ2v) is 6.66. The molecule has 0 spiro atoms. The van der Waals surface area contributed by atoms with E-state index in [0.717, 1.165) is 28.9 Å². The highest BCUT2D eigenvalue weighted by atomic mass is 127. The van der Waals surface area contributed by atoms with Crippen molar-refractivity contribution in [2.75, 3.05) is 5.32 Å². The Hall–Kier alpha value is -1.62. The van der Waals surface area contributed by atoms with Crippen LogP contribution in [0.5, 0.6) is 0 Å². The Kier molecular flexibility index (Phi) is 4.10. The van der Waals surface area contributed by atoms with Gasteiger partial charge in [-0.3, -0.25) is 4.79 Å². The van der Waals surface area contributed by atoms with Crippen LogP contribution in [0.2, 0.25) is 0 Å². The third-order valence-corrected chi connectivity index (χ3v) is 4.25. The molecule has 0 aliphatic carbocycles. The molecule has 0 unspecified atom stereocenters. The molecule has 1 aliphatic heterocycles. The van der Waals surface area contributed by atoms with Crippen LogP contribution in [-0.4, -0.2) is 5.78 Å². The maximum atomic E-state index is 12.2. The molecule has 0 aromatic heterocycles. The van der Waals surface area contributed by atoms with Gasteiger partial charge < -0.3 is 5.32 Å². The highest BCUT2D eigenvalue weighted by Gasteiger charge is 2.14. The number of benzene rings is 2. The van der Waals surface area contributed by atoms with E-state index in [1.807, 2.05) is 30.3 Å². The van der Waals surface area contributed by atoms with E-state index in [2.05, 4.69) is 46.6 Å². The van der Waals surface area contributed by atoms with Gasteiger partial charge in [0.05, 0.1) is 0 Å². The zero-order chi connectivity index (χ0) is 14.8. The molecule has 0 saturated carbocycles. The summed E-state index contributed by atoms with van der Waals surface area (Å²) in [5.41, 5.74) is 5.55. The van der Waals surface area contributed by atoms with E-state index in [1.54, 1.807) is 0 Å². The standard InChI is InChI=1S/C18H16INO/c1-12-7-15-8-14(5-6-18(15)20-12)11-17(21)10-13-3-2-4-16(19)9-13/h2-6,8-9,20H,1,7,10-11H2. The molecular formula is C18H16INO. The number of ketones is 1. The Balaban J connectivity index is 1.68. The van der Waals surface area contributed by atoms with E-state index >= 15 is 0 Å². The highest BCUT2D eigenvalue weighted by molar-refractivity contribution is 14.1. The van der Waals surface area contributed by atoms with Crippen LogP contribution in [0, 0.1) is 3.57 Å². The molecular weight excluding hydrogens is 373 g/mol. The topological polar surface area (TPSA) is 29.1 Å². The lowest BCUT2D eigenvalue weighted by Gasteiger charge is -2.05. The third kappa shape index (κ3) is 3.53. The lowest BCUT2D eigenvalue weighted by atomic mass is 10.0. The molecule has 2 aromatic rings. The number of allylic oxidation sites excluding steroid dienone is 1. The number of carbonyl (C=O) groups excluding carboxylic acids is 1. The number of fused-ring (bicyclic) bond motifs is 1. The van der Waals surface area contributed by atoms with Crippen LogP contribution in [0.1, 0.15) is 16.7 Å². The summed E-state index contributed by atoms with van der Waals surface area (Å²) in [6.07, 6.45) is 1.85. The summed E-state index contributed by atoms with van der Waals surface area (Å²) in [5, 5.41) is 3.24. The summed E-state index contributed by atoms with van der Waals surface area (Å²) in [4.78, 5) is 12.2.